The van der Waals surface area contributed by atoms with Crippen LogP contribution in [0, 0.1) is 0 Å². The SMILES string of the molecule is CCc1ccc(C(=O)OCC(=O)N2CC(C)OC(C)C2)cc1. The van der Waals surface area contributed by atoms with Gasteiger partial charge >= 0.3 is 5.97 Å². The van der Waals surface area contributed by atoms with Crippen molar-refractivity contribution >= 4 is 11.9 Å². The fourth-order valence-corrected chi connectivity index (χ4v) is 2.56. The molecule has 2 atom stereocenters. The Labute approximate surface area is 131 Å². The van der Waals surface area contributed by atoms with Gasteiger partial charge in [-0.1, -0.05) is 19.1 Å². The van der Waals surface area contributed by atoms with Crippen LogP contribution in [-0.2, 0) is 20.7 Å². The summed E-state index contributed by atoms with van der Waals surface area (Å²) in [5, 5.41) is 0. The molecular formula is C17H23NO4. The van der Waals surface area contributed by atoms with E-state index in [1.54, 1.807) is 17.0 Å². The second-order valence-corrected chi connectivity index (χ2v) is 5.68. The van der Waals surface area contributed by atoms with Crippen molar-refractivity contribution < 1.29 is 19.1 Å². The monoisotopic (exact) mass is 305 g/mol. The zero-order chi connectivity index (χ0) is 16.1. The van der Waals surface area contributed by atoms with Gasteiger partial charge in [-0.25, -0.2) is 4.79 Å². The van der Waals surface area contributed by atoms with Crippen LogP contribution in [-0.4, -0.2) is 48.7 Å². The fourth-order valence-electron chi connectivity index (χ4n) is 2.56. The number of ether oxygens (including phenoxy) is 2. The molecule has 0 saturated carbocycles. The average molecular weight is 305 g/mol. The molecule has 1 fully saturated rings. The third kappa shape index (κ3) is 4.31. The van der Waals surface area contributed by atoms with Crippen LogP contribution in [0.1, 0.15) is 36.7 Å². The summed E-state index contributed by atoms with van der Waals surface area (Å²) in [6.45, 7) is 6.75. The molecule has 2 rings (SSSR count). The Balaban J connectivity index is 1.85. The lowest BCUT2D eigenvalue weighted by atomic mass is 10.1. The molecule has 0 radical (unpaired) electrons. The van der Waals surface area contributed by atoms with Crippen LogP contribution in [0.4, 0.5) is 0 Å². The van der Waals surface area contributed by atoms with Crippen molar-refractivity contribution in [2.24, 2.45) is 0 Å². The standard InChI is InChI=1S/C17H23NO4/c1-4-14-5-7-15(8-6-14)17(20)21-11-16(19)18-9-12(2)22-13(3)10-18/h5-8,12-13H,4,9-11H2,1-3H3. The first kappa shape index (κ1) is 16.5. The third-order valence-corrected chi connectivity index (χ3v) is 3.70. The molecular weight excluding hydrogens is 282 g/mol. The Kier molecular flexibility index (Phi) is 5.55. The molecule has 0 aliphatic carbocycles. The van der Waals surface area contributed by atoms with Crippen LogP contribution >= 0.6 is 0 Å². The number of hydrogen-bond donors (Lipinski definition) is 0. The van der Waals surface area contributed by atoms with Crippen molar-refractivity contribution in [3.63, 3.8) is 0 Å². The van der Waals surface area contributed by atoms with E-state index in [0.717, 1.165) is 12.0 Å². The number of morpholine rings is 1. The molecule has 22 heavy (non-hydrogen) atoms. The van der Waals surface area contributed by atoms with Crippen LogP contribution in [0.2, 0.25) is 0 Å². The first-order valence-corrected chi connectivity index (χ1v) is 7.69. The molecule has 1 heterocycles. The van der Waals surface area contributed by atoms with Gasteiger partial charge in [0.25, 0.3) is 5.91 Å². The molecule has 1 aromatic rings. The van der Waals surface area contributed by atoms with Crippen molar-refractivity contribution in [1.82, 2.24) is 4.90 Å². The number of aryl methyl sites for hydroxylation is 1. The highest BCUT2D eigenvalue weighted by molar-refractivity contribution is 5.91. The predicted molar refractivity (Wildman–Crippen MR) is 82.7 cm³/mol. The molecule has 0 N–H and O–H groups in total. The lowest BCUT2D eigenvalue weighted by Gasteiger charge is -2.35. The third-order valence-electron chi connectivity index (χ3n) is 3.70. The van der Waals surface area contributed by atoms with E-state index in [1.165, 1.54) is 0 Å². The number of nitrogens with zero attached hydrogens (tertiary/aromatic N) is 1. The van der Waals surface area contributed by atoms with E-state index in [2.05, 4.69) is 6.92 Å². The molecule has 0 spiro atoms. The zero-order valence-electron chi connectivity index (χ0n) is 13.4. The van der Waals surface area contributed by atoms with Gasteiger partial charge < -0.3 is 14.4 Å². The van der Waals surface area contributed by atoms with E-state index in [0.29, 0.717) is 18.7 Å². The van der Waals surface area contributed by atoms with Crippen molar-refractivity contribution in [3.8, 4) is 0 Å². The summed E-state index contributed by atoms with van der Waals surface area (Å²) in [6, 6.07) is 7.24. The van der Waals surface area contributed by atoms with Crippen LogP contribution in [0.25, 0.3) is 0 Å². The Morgan fingerprint density at radius 3 is 2.32 bits per heavy atom. The smallest absolute Gasteiger partial charge is 0.338 e. The van der Waals surface area contributed by atoms with Gasteiger partial charge in [-0.3, -0.25) is 4.79 Å². The van der Waals surface area contributed by atoms with Gasteiger partial charge in [-0.15, -0.1) is 0 Å². The number of amides is 1. The highest BCUT2D eigenvalue weighted by Crippen LogP contribution is 2.11. The van der Waals surface area contributed by atoms with E-state index in [-0.39, 0.29) is 24.7 Å². The molecule has 1 amide bonds. The summed E-state index contributed by atoms with van der Waals surface area (Å²) in [5.74, 6) is -0.647. The van der Waals surface area contributed by atoms with E-state index in [1.807, 2.05) is 26.0 Å². The first-order valence-electron chi connectivity index (χ1n) is 7.69. The minimum Gasteiger partial charge on any atom is -0.452 e. The summed E-state index contributed by atoms with van der Waals surface area (Å²) in [4.78, 5) is 25.7. The number of esters is 1. The van der Waals surface area contributed by atoms with Crippen molar-refractivity contribution in [1.29, 1.82) is 0 Å². The van der Waals surface area contributed by atoms with Gasteiger partial charge in [0.2, 0.25) is 0 Å². The molecule has 1 aromatic carbocycles. The van der Waals surface area contributed by atoms with E-state index in [4.69, 9.17) is 9.47 Å². The van der Waals surface area contributed by atoms with Crippen molar-refractivity contribution in [2.45, 2.75) is 39.4 Å². The predicted octanol–water partition coefficient (Wildman–Crippen LogP) is 2.04. The molecule has 0 aromatic heterocycles. The molecule has 5 heteroatoms. The molecule has 2 unspecified atom stereocenters. The van der Waals surface area contributed by atoms with Gasteiger partial charge in [-0.2, -0.15) is 0 Å². The molecule has 1 aliphatic heterocycles. The van der Waals surface area contributed by atoms with Crippen molar-refractivity contribution in [3.05, 3.63) is 35.4 Å². The maximum absolute atomic E-state index is 12.1. The van der Waals surface area contributed by atoms with E-state index >= 15 is 0 Å². The molecule has 120 valence electrons. The van der Waals surface area contributed by atoms with Gasteiger partial charge in [0, 0.05) is 13.1 Å². The maximum atomic E-state index is 12.1. The molecule has 1 aliphatic rings. The lowest BCUT2D eigenvalue weighted by Crippen LogP contribution is -2.49. The van der Waals surface area contributed by atoms with Crippen LogP contribution in [0.5, 0.6) is 0 Å². The van der Waals surface area contributed by atoms with E-state index in [9.17, 15) is 9.59 Å². The summed E-state index contributed by atoms with van der Waals surface area (Å²) in [7, 11) is 0. The number of carbonyl (C=O) groups excluding carboxylic acids is 2. The Morgan fingerprint density at radius 1 is 1.18 bits per heavy atom. The maximum Gasteiger partial charge on any atom is 0.338 e. The van der Waals surface area contributed by atoms with Crippen molar-refractivity contribution in [2.75, 3.05) is 19.7 Å². The number of hydrogen-bond acceptors (Lipinski definition) is 4. The normalized spacial score (nSPS) is 21.5. The van der Waals surface area contributed by atoms with E-state index < -0.39 is 5.97 Å². The van der Waals surface area contributed by atoms with Crippen LogP contribution in [0.3, 0.4) is 0 Å². The quantitative estimate of drug-likeness (QED) is 0.799. The lowest BCUT2D eigenvalue weighted by molar-refractivity contribution is -0.146. The molecule has 0 bridgehead atoms. The number of rotatable bonds is 4. The van der Waals surface area contributed by atoms with Crippen LogP contribution < -0.4 is 0 Å². The van der Waals surface area contributed by atoms with Gasteiger partial charge in [0.15, 0.2) is 6.61 Å². The Morgan fingerprint density at radius 2 is 1.77 bits per heavy atom. The van der Waals surface area contributed by atoms with Gasteiger partial charge in [0.1, 0.15) is 0 Å². The minimum absolute atomic E-state index is 0.00462. The Bertz CT molecular complexity index is 516. The number of carbonyl (C=O) groups is 2. The first-order chi connectivity index (χ1) is 10.5. The summed E-state index contributed by atoms with van der Waals surface area (Å²) in [5.41, 5.74) is 1.62. The summed E-state index contributed by atoms with van der Waals surface area (Å²) >= 11 is 0. The average Bonchev–Trinajstić information content (AvgIpc) is 2.51. The summed E-state index contributed by atoms with van der Waals surface area (Å²) in [6.07, 6.45) is 0.927. The largest absolute Gasteiger partial charge is 0.452 e. The Hall–Kier alpha value is -1.88. The molecule has 5 nitrogen and oxygen atoms in total. The summed E-state index contributed by atoms with van der Waals surface area (Å²) < 4.78 is 10.7. The topological polar surface area (TPSA) is 55.8 Å². The highest BCUT2D eigenvalue weighted by atomic mass is 16.5. The fraction of sp³-hybridized carbons (Fsp3) is 0.529. The zero-order valence-corrected chi connectivity index (χ0v) is 13.4. The second kappa shape index (κ2) is 7.40. The highest BCUT2D eigenvalue weighted by Gasteiger charge is 2.26. The van der Waals surface area contributed by atoms with Crippen LogP contribution in [0.15, 0.2) is 24.3 Å². The number of benzene rings is 1. The van der Waals surface area contributed by atoms with Gasteiger partial charge in [-0.05, 0) is 38.0 Å². The van der Waals surface area contributed by atoms with Gasteiger partial charge in [0.05, 0.1) is 17.8 Å². The second-order valence-electron chi connectivity index (χ2n) is 5.68. The minimum atomic E-state index is -0.467. The molecule has 1 saturated heterocycles.